The number of amides is 2. The topological polar surface area (TPSA) is 75.7 Å². The van der Waals surface area contributed by atoms with E-state index in [0.29, 0.717) is 22.7 Å². The summed E-state index contributed by atoms with van der Waals surface area (Å²) in [6, 6.07) is 9.58. The molecule has 0 saturated carbocycles. The number of hydrogen-bond donors (Lipinski definition) is 1. The fourth-order valence-electron chi connectivity index (χ4n) is 2.90. The van der Waals surface area contributed by atoms with Gasteiger partial charge in [0.25, 0.3) is 5.91 Å². The molecule has 2 aromatic carbocycles. The normalized spacial score (nSPS) is 14.2. The molecule has 0 saturated heterocycles. The molecule has 6 nitrogen and oxygen atoms in total. The molecule has 2 amide bonds. The van der Waals surface area contributed by atoms with E-state index in [1.807, 2.05) is 19.1 Å². The number of halogens is 1. The minimum atomic E-state index is -0.772. The lowest BCUT2D eigenvalue weighted by molar-refractivity contribution is -0.125. The summed E-state index contributed by atoms with van der Waals surface area (Å²) in [5.74, 6) is -0.319. The van der Waals surface area contributed by atoms with Crippen molar-refractivity contribution < 1.29 is 19.1 Å². The maximum absolute atomic E-state index is 12.8. The summed E-state index contributed by atoms with van der Waals surface area (Å²) in [5.41, 5.74) is 2.51. The molecule has 7 heteroatoms. The molecular formula is C20H19BrN2O4. The molecule has 0 bridgehead atoms. The van der Waals surface area contributed by atoms with Crippen molar-refractivity contribution in [1.29, 1.82) is 0 Å². The highest BCUT2D eigenvalue weighted by molar-refractivity contribution is 9.10. The van der Waals surface area contributed by atoms with Crippen LogP contribution in [0.25, 0.3) is 0 Å². The zero-order valence-electron chi connectivity index (χ0n) is 15.2. The van der Waals surface area contributed by atoms with E-state index in [2.05, 4.69) is 21.2 Å². The fraction of sp³-hybridized carbons (Fsp3) is 0.250. The molecular weight excluding hydrogens is 412 g/mol. The predicted octanol–water partition coefficient (Wildman–Crippen LogP) is 3.71. The second kappa shape index (κ2) is 7.52. The quantitative estimate of drug-likeness (QED) is 0.749. The van der Waals surface area contributed by atoms with Gasteiger partial charge >= 0.3 is 0 Å². The molecule has 0 spiro atoms. The van der Waals surface area contributed by atoms with Crippen molar-refractivity contribution in [3.8, 4) is 5.75 Å². The number of nitrogens with zero attached hydrogens (tertiary/aromatic N) is 1. The third kappa shape index (κ3) is 3.88. The standard InChI is InChI=1S/C20H19BrN2O4/c1-11-8-15(5-6-16(11)21)22-20(26)12(2)23-17-9-14(13(3)24)4-7-18(17)27-10-19(23)25/h4-9,12H,10H2,1-3H3,(H,22,26). The number of fused-ring (bicyclic) bond motifs is 1. The SMILES string of the molecule is CC(=O)c1ccc2c(c1)N(C(C)C(=O)Nc1ccc(Br)c(C)c1)C(=O)CO2. The number of ketones is 1. The first kappa shape index (κ1) is 19.1. The van der Waals surface area contributed by atoms with E-state index < -0.39 is 6.04 Å². The van der Waals surface area contributed by atoms with Gasteiger partial charge in [-0.2, -0.15) is 0 Å². The minimum absolute atomic E-state index is 0.127. The van der Waals surface area contributed by atoms with Gasteiger partial charge in [0.15, 0.2) is 12.4 Å². The third-order valence-corrected chi connectivity index (χ3v) is 5.33. The lowest BCUT2D eigenvalue weighted by Crippen LogP contribution is -2.49. The Balaban J connectivity index is 1.89. The monoisotopic (exact) mass is 430 g/mol. The maximum Gasteiger partial charge on any atom is 0.265 e. The molecule has 140 valence electrons. The molecule has 0 radical (unpaired) electrons. The molecule has 0 aromatic heterocycles. The fourth-order valence-corrected chi connectivity index (χ4v) is 3.15. The van der Waals surface area contributed by atoms with E-state index in [0.717, 1.165) is 10.0 Å². The van der Waals surface area contributed by atoms with Crippen LogP contribution in [0.4, 0.5) is 11.4 Å². The molecule has 27 heavy (non-hydrogen) atoms. The molecule has 1 unspecified atom stereocenters. The Hall–Kier alpha value is -2.67. The highest BCUT2D eigenvalue weighted by Crippen LogP contribution is 2.34. The smallest absolute Gasteiger partial charge is 0.265 e. The van der Waals surface area contributed by atoms with Crippen molar-refractivity contribution in [2.24, 2.45) is 0 Å². The van der Waals surface area contributed by atoms with E-state index in [1.165, 1.54) is 11.8 Å². The average Bonchev–Trinajstić information content (AvgIpc) is 2.63. The Kier molecular flexibility index (Phi) is 5.32. The van der Waals surface area contributed by atoms with Gasteiger partial charge in [-0.15, -0.1) is 0 Å². The zero-order chi connectivity index (χ0) is 19.7. The van der Waals surface area contributed by atoms with E-state index in [1.54, 1.807) is 31.2 Å². The molecule has 0 aliphatic carbocycles. The van der Waals surface area contributed by atoms with Gasteiger partial charge in [-0.05, 0) is 62.7 Å². The number of carbonyl (C=O) groups excluding carboxylic acids is 3. The Morgan fingerprint density at radius 3 is 2.63 bits per heavy atom. The van der Waals surface area contributed by atoms with E-state index in [-0.39, 0.29) is 24.2 Å². The summed E-state index contributed by atoms with van der Waals surface area (Å²) in [7, 11) is 0. The summed E-state index contributed by atoms with van der Waals surface area (Å²) in [6.45, 7) is 4.87. The molecule has 1 heterocycles. The number of nitrogens with one attached hydrogen (secondary N) is 1. The summed E-state index contributed by atoms with van der Waals surface area (Å²) in [5, 5.41) is 2.83. The molecule has 1 aliphatic heterocycles. The number of carbonyl (C=O) groups is 3. The predicted molar refractivity (Wildman–Crippen MR) is 106 cm³/mol. The van der Waals surface area contributed by atoms with Gasteiger partial charge < -0.3 is 10.1 Å². The van der Waals surface area contributed by atoms with Crippen LogP contribution in [0.1, 0.15) is 29.8 Å². The van der Waals surface area contributed by atoms with Gasteiger partial charge in [-0.3, -0.25) is 19.3 Å². The van der Waals surface area contributed by atoms with Gasteiger partial charge in [0.2, 0.25) is 5.91 Å². The van der Waals surface area contributed by atoms with Crippen molar-refractivity contribution in [1.82, 2.24) is 0 Å². The Morgan fingerprint density at radius 1 is 1.22 bits per heavy atom. The number of rotatable bonds is 4. The summed E-state index contributed by atoms with van der Waals surface area (Å²) < 4.78 is 6.39. The second-order valence-corrected chi connectivity index (χ2v) is 7.27. The lowest BCUT2D eigenvalue weighted by Gasteiger charge is -2.33. The van der Waals surface area contributed by atoms with Crippen LogP contribution in [0.15, 0.2) is 40.9 Å². The minimum Gasteiger partial charge on any atom is -0.482 e. The molecule has 1 N–H and O–H groups in total. The van der Waals surface area contributed by atoms with Crippen molar-refractivity contribution in [3.63, 3.8) is 0 Å². The molecule has 1 atom stereocenters. The lowest BCUT2D eigenvalue weighted by atomic mass is 10.1. The molecule has 3 rings (SSSR count). The third-order valence-electron chi connectivity index (χ3n) is 4.44. The molecule has 0 fully saturated rings. The van der Waals surface area contributed by atoms with Crippen molar-refractivity contribution in [2.45, 2.75) is 26.8 Å². The number of hydrogen-bond acceptors (Lipinski definition) is 4. The van der Waals surface area contributed by atoms with Gasteiger partial charge in [0, 0.05) is 15.7 Å². The first-order valence-corrected chi connectivity index (χ1v) is 9.24. The highest BCUT2D eigenvalue weighted by Gasteiger charge is 2.33. The maximum atomic E-state index is 12.8. The number of anilines is 2. The summed E-state index contributed by atoms with van der Waals surface area (Å²) >= 11 is 3.42. The van der Waals surface area contributed by atoms with Crippen LogP contribution in [0.2, 0.25) is 0 Å². The van der Waals surface area contributed by atoms with Gasteiger partial charge in [0.1, 0.15) is 11.8 Å². The zero-order valence-corrected chi connectivity index (χ0v) is 16.8. The van der Waals surface area contributed by atoms with Crippen molar-refractivity contribution in [2.75, 3.05) is 16.8 Å². The van der Waals surface area contributed by atoms with Crippen molar-refractivity contribution in [3.05, 3.63) is 52.0 Å². The van der Waals surface area contributed by atoms with Gasteiger partial charge in [-0.25, -0.2) is 0 Å². The highest BCUT2D eigenvalue weighted by atomic mass is 79.9. The van der Waals surface area contributed by atoms with Crippen LogP contribution >= 0.6 is 15.9 Å². The first-order chi connectivity index (χ1) is 12.8. The van der Waals surface area contributed by atoms with Crippen LogP contribution in [0.3, 0.4) is 0 Å². The Bertz CT molecular complexity index is 942. The van der Waals surface area contributed by atoms with Crippen LogP contribution in [-0.2, 0) is 9.59 Å². The summed E-state index contributed by atoms with van der Waals surface area (Å²) in [6.07, 6.45) is 0. The molecule has 1 aliphatic rings. The molecule has 2 aromatic rings. The van der Waals surface area contributed by atoms with Gasteiger partial charge in [-0.1, -0.05) is 15.9 Å². The second-order valence-electron chi connectivity index (χ2n) is 6.42. The Labute approximate surface area is 165 Å². The summed E-state index contributed by atoms with van der Waals surface area (Å²) in [4.78, 5) is 38.3. The van der Waals surface area contributed by atoms with E-state index in [9.17, 15) is 14.4 Å². The van der Waals surface area contributed by atoms with Crippen LogP contribution in [0, 0.1) is 6.92 Å². The van der Waals surface area contributed by atoms with E-state index in [4.69, 9.17) is 4.74 Å². The van der Waals surface area contributed by atoms with Crippen LogP contribution < -0.4 is 15.0 Å². The Morgan fingerprint density at radius 2 is 1.96 bits per heavy atom. The first-order valence-electron chi connectivity index (χ1n) is 8.45. The average molecular weight is 431 g/mol. The van der Waals surface area contributed by atoms with E-state index >= 15 is 0 Å². The van der Waals surface area contributed by atoms with Gasteiger partial charge in [0.05, 0.1) is 5.69 Å². The van der Waals surface area contributed by atoms with Crippen LogP contribution in [-0.4, -0.2) is 30.2 Å². The largest absolute Gasteiger partial charge is 0.482 e. The number of Topliss-reactive ketones (excluding diaryl/α,β-unsaturated/α-hetero) is 1. The van der Waals surface area contributed by atoms with Crippen molar-refractivity contribution >= 4 is 44.9 Å². The van der Waals surface area contributed by atoms with Crippen LogP contribution in [0.5, 0.6) is 5.75 Å². The number of benzene rings is 2. The number of ether oxygens (including phenoxy) is 1. The number of aryl methyl sites for hydroxylation is 1.